The fraction of sp³-hybridized carbons (Fsp3) is 0.824. The van der Waals surface area contributed by atoms with Crippen molar-refractivity contribution in [2.24, 2.45) is 23.6 Å². The van der Waals surface area contributed by atoms with Crippen LogP contribution in [0.5, 0.6) is 0 Å². The molecule has 3 rings (SSSR count). The summed E-state index contributed by atoms with van der Waals surface area (Å²) >= 11 is 0. The molecule has 0 aliphatic heterocycles. The summed E-state index contributed by atoms with van der Waals surface area (Å²) in [5.41, 5.74) is 4.27. The lowest BCUT2D eigenvalue weighted by Gasteiger charge is -2.15. The Morgan fingerprint density at radius 2 is 1.95 bits per heavy atom. The Morgan fingerprint density at radius 3 is 2.52 bits per heavy atom. The molecule has 3 atom stereocenters. The van der Waals surface area contributed by atoms with E-state index in [4.69, 9.17) is 10.9 Å². The molecule has 2 aliphatic carbocycles. The largest absolute Gasteiger partial charge is 0.271 e. The van der Waals surface area contributed by atoms with E-state index >= 15 is 0 Å². The van der Waals surface area contributed by atoms with Crippen molar-refractivity contribution >= 4 is 0 Å². The molecule has 2 saturated carbocycles. The van der Waals surface area contributed by atoms with E-state index < -0.39 is 0 Å². The minimum Gasteiger partial charge on any atom is -0.271 e. The highest BCUT2D eigenvalue weighted by Crippen LogP contribution is 2.57. The summed E-state index contributed by atoms with van der Waals surface area (Å²) in [7, 11) is 0. The van der Waals surface area contributed by atoms with Crippen molar-refractivity contribution in [3.8, 4) is 0 Å². The Bertz CT molecular complexity index is 439. The van der Waals surface area contributed by atoms with Crippen LogP contribution < -0.4 is 11.3 Å². The summed E-state index contributed by atoms with van der Waals surface area (Å²) < 4.78 is 2.14. The fourth-order valence-electron chi connectivity index (χ4n) is 4.53. The fourth-order valence-corrected chi connectivity index (χ4v) is 4.53. The predicted octanol–water partition coefficient (Wildman–Crippen LogP) is 3.05. The van der Waals surface area contributed by atoms with Gasteiger partial charge in [-0.25, -0.2) is 0 Å². The lowest BCUT2D eigenvalue weighted by molar-refractivity contribution is 0.410. The van der Waals surface area contributed by atoms with Crippen LogP contribution in [0.3, 0.4) is 0 Å². The molecule has 21 heavy (non-hydrogen) atoms. The molecule has 1 aromatic heterocycles. The molecule has 1 aromatic rings. The van der Waals surface area contributed by atoms with Gasteiger partial charge in [0.1, 0.15) is 0 Å². The van der Waals surface area contributed by atoms with E-state index in [-0.39, 0.29) is 0 Å². The molecule has 0 bridgehead atoms. The lowest BCUT2D eigenvalue weighted by Crippen LogP contribution is -2.39. The molecule has 2 fully saturated rings. The van der Waals surface area contributed by atoms with Gasteiger partial charge in [0.25, 0.3) is 0 Å². The number of aromatic nitrogens is 2. The molecule has 0 aromatic carbocycles. The maximum atomic E-state index is 5.85. The second kappa shape index (κ2) is 6.49. The molecule has 3 unspecified atom stereocenters. The monoisotopic (exact) mass is 290 g/mol. The van der Waals surface area contributed by atoms with Gasteiger partial charge in [0, 0.05) is 18.7 Å². The van der Waals surface area contributed by atoms with Crippen molar-refractivity contribution in [3.05, 3.63) is 18.0 Å². The van der Waals surface area contributed by atoms with Gasteiger partial charge in [-0.05, 0) is 49.5 Å². The Morgan fingerprint density at radius 1 is 1.29 bits per heavy atom. The Balaban J connectivity index is 1.62. The van der Waals surface area contributed by atoms with Gasteiger partial charge < -0.3 is 0 Å². The molecule has 4 nitrogen and oxygen atoms in total. The van der Waals surface area contributed by atoms with E-state index in [1.807, 2.05) is 0 Å². The van der Waals surface area contributed by atoms with Crippen LogP contribution in [-0.2, 0) is 6.42 Å². The normalized spacial score (nSPS) is 29.4. The van der Waals surface area contributed by atoms with Gasteiger partial charge in [-0.1, -0.05) is 26.7 Å². The van der Waals surface area contributed by atoms with E-state index in [1.165, 1.54) is 31.4 Å². The highest BCUT2D eigenvalue weighted by atomic mass is 15.3. The summed E-state index contributed by atoms with van der Waals surface area (Å²) in [5.74, 6) is 8.50. The van der Waals surface area contributed by atoms with Crippen molar-refractivity contribution in [2.75, 3.05) is 0 Å². The smallest absolute Gasteiger partial charge is 0.0640 e. The summed E-state index contributed by atoms with van der Waals surface area (Å²) in [6.45, 7) is 4.46. The van der Waals surface area contributed by atoms with Crippen LogP contribution in [0.15, 0.2) is 12.3 Å². The molecule has 0 spiro atoms. The lowest BCUT2D eigenvalue weighted by atomic mass is 10.0. The highest BCUT2D eigenvalue weighted by molar-refractivity contribution is 5.09. The molecule has 2 aliphatic rings. The SMILES string of the molecule is CCC(CC)n1ccc(CC(NN)C2C3CCCCC32)n1. The van der Waals surface area contributed by atoms with Crippen molar-refractivity contribution in [1.29, 1.82) is 0 Å². The summed E-state index contributed by atoms with van der Waals surface area (Å²) in [4.78, 5) is 0. The topological polar surface area (TPSA) is 55.9 Å². The minimum atomic E-state index is 0.406. The number of hydrazine groups is 1. The number of hydrogen-bond acceptors (Lipinski definition) is 3. The quantitative estimate of drug-likeness (QED) is 0.599. The van der Waals surface area contributed by atoms with E-state index in [1.54, 1.807) is 0 Å². The highest BCUT2D eigenvalue weighted by Gasteiger charge is 2.53. The maximum Gasteiger partial charge on any atom is 0.0640 e. The van der Waals surface area contributed by atoms with Crippen LogP contribution in [0.2, 0.25) is 0 Å². The van der Waals surface area contributed by atoms with Crippen molar-refractivity contribution in [3.63, 3.8) is 0 Å². The molecule has 4 heteroatoms. The summed E-state index contributed by atoms with van der Waals surface area (Å²) in [5, 5.41) is 4.79. The summed E-state index contributed by atoms with van der Waals surface area (Å²) in [6, 6.07) is 3.11. The first-order valence-electron chi connectivity index (χ1n) is 8.78. The van der Waals surface area contributed by atoms with Gasteiger partial charge in [-0.15, -0.1) is 0 Å². The molecule has 0 saturated heterocycles. The van der Waals surface area contributed by atoms with Gasteiger partial charge in [0.15, 0.2) is 0 Å². The first-order chi connectivity index (χ1) is 10.3. The third-order valence-corrected chi connectivity index (χ3v) is 5.81. The van der Waals surface area contributed by atoms with Crippen LogP contribution in [-0.4, -0.2) is 15.8 Å². The third kappa shape index (κ3) is 3.02. The average molecular weight is 290 g/mol. The standard InChI is InChI=1S/C17H30N4/c1-3-13(4-2)21-10-9-12(20-21)11-16(19-18)17-14-7-5-6-8-15(14)17/h9-10,13-17,19H,3-8,11,18H2,1-2H3. The third-order valence-electron chi connectivity index (χ3n) is 5.81. The summed E-state index contributed by atoms with van der Waals surface area (Å²) in [6.07, 6.45) is 11.1. The second-order valence-electron chi connectivity index (χ2n) is 6.92. The Hall–Kier alpha value is -0.870. The molecule has 0 amide bonds. The minimum absolute atomic E-state index is 0.406. The Kier molecular flexibility index (Phi) is 4.65. The predicted molar refractivity (Wildman–Crippen MR) is 85.6 cm³/mol. The first kappa shape index (κ1) is 15.0. The van der Waals surface area contributed by atoms with Gasteiger partial charge in [0.05, 0.1) is 11.7 Å². The number of nitrogens with one attached hydrogen (secondary N) is 1. The van der Waals surface area contributed by atoms with Crippen LogP contribution in [0, 0.1) is 17.8 Å². The van der Waals surface area contributed by atoms with Crippen LogP contribution in [0.4, 0.5) is 0 Å². The zero-order chi connectivity index (χ0) is 14.8. The van der Waals surface area contributed by atoms with Gasteiger partial charge in [-0.2, -0.15) is 5.10 Å². The molecule has 3 N–H and O–H groups in total. The van der Waals surface area contributed by atoms with Gasteiger partial charge in [-0.3, -0.25) is 16.0 Å². The number of fused-ring (bicyclic) bond motifs is 1. The Labute approximate surface area is 128 Å². The van der Waals surface area contributed by atoms with Crippen LogP contribution >= 0.6 is 0 Å². The second-order valence-corrected chi connectivity index (χ2v) is 6.92. The van der Waals surface area contributed by atoms with Gasteiger partial charge >= 0.3 is 0 Å². The van der Waals surface area contributed by atoms with Crippen molar-refractivity contribution in [2.45, 2.75) is 70.9 Å². The number of hydrogen-bond donors (Lipinski definition) is 2. The number of rotatable bonds is 7. The molecule has 118 valence electrons. The average Bonchev–Trinajstić information content (AvgIpc) is 3.07. The molecule has 0 radical (unpaired) electrons. The maximum absolute atomic E-state index is 5.85. The first-order valence-corrected chi connectivity index (χ1v) is 8.78. The zero-order valence-corrected chi connectivity index (χ0v) is 13.5. The van der Waals surface area contributed by atoms with Crippen LogP contribution in [0.25, 0.3) is 0 Å². The van der Waals surface area contributed by atoms with Crippen molar-refractivity contribution in [1.82, 2.24) is 15.2 Å². The van der Waals surface area contributed by atoms with E-state index in [2.05, 4.69) is 36.2 Å². The molecule has 1 heterocycles. The number of nitrogens with zero attached hydrogens (tertiary/aromatic N) is 2. The molecular formula is C17H30N4. The molecular weight excluding hydrogens is 260 g/mol. The van der Waals surface area contributed by atoms with Gasteiger partial charge in [0.2, 0.25) is 0 Å². The van der Waals surface area contributed by atoms with Crippen LogP contribution in [0.1, 0.15) is 64.1 Å². The zero-order valence-electron chi connectivity index (χ0n) is 13.5. The van der Waals surface area contributed by atoms with Crippen molar-refractivity contribution < 1.29 is 0 Å². The number of nitrogens with two attached hydrogens (primary N) is 1. The van der Waals surface area contributed by atoms with E-state index in [9.17, 15) is 0 Å². The van der Waals surface area contributed by atoms with E-state index in [0.29, 0.717) is 12.1 Å². The van der Waals surface area contributed by atoms with E-state index in [0.717, 1.165) is 37.0 Å².